The highest BCUT2D eigenvalue weighted by atomic mass is 16.5. The molecule has 0 aliphatic carbocycles. The zero-order chi connectivity index (χ0) is 14.5. The van der Waals surface area contributed by atoms with E-state index in [0.29, 0.717) is 13.0 Å². The summed E-state index contributed by atoms with van der Waals surface area (Å²) in [4.78, 5) is 14.3. The van der Waals surface area contributed by atoms with Gasteiger partial charge in [0.15, 0.2) is 0 Å². The highest BCUT2D eigenvalue weighted by molar-refractivity contribution is 5.76. The van der Waals surface area contributed by atoms with Crippen LogP contribution in [0.15, 0.2) is 30.3 Å². The molecule has 1 amide bonds. The summed E-state index contributed by atoms with van der Waals surface area (Å²) >= 11 is 0. The number of carbonyl (C=O) groups is 1. The van der Waals surface area contributed by atoms with Crippen molar-refractivity contribution in [3.8, 4) is 5.75 Å². The molecule has 2 aliphatic heterocycles. The monoisotopic (exact) mass is 288 g/mol. The van der Waals surface area contributed by atoms with E-state index in [1.54, 1.807) is 0 Å². The van der Waals surface area contributed by atoms with Crippen molar-refractivity contribution in [1.82, 2.24) is 10.2 Å². The molecule has 2 aliphatic rings. The number of fused-ring (bicyclic) bond motifs is 1. The van der Waals surface area contributed by atoms with Crippen LogP contribution < -0.4 is 10.1 Å². The SMILES string of the molecule is O=C(CCOc1ccccc1)N1CC[C@@H]2CNC[C@@H]2CC1. The molecule has 0 spiro atoms. The molecule has 4 heteroatoms. The molecule has 3 rings (SSSR count). The lowest BCUT2D eigenvalue weighted by molar-refractivity contribution is -0.131. The first-order chi connectivity index (χ1) is 10.3. The maximum absolute atomic E-state index is 12.3. The number of para-hydroxylation sites is 1. The molecular weight excluding hydrogens is 264 g/mol. The van der Waals surface area contributed by atoms with E-state index in [1.165, 1.54) is 0 Å². The summed E-state index contributed by atoms with van der Waals surface area (Å²) in [5.41, 5.74) is 0. The van der Waals surface area contributed by atoms with Gasteiger partial charge in [0.2, 0.25) is 5.91 Å². The molecule has 21 heavy (non-hydrogen) atoms. The normalized spacial score (nSPS) is 25.2. The largest absolute Gasteiger partial charge is 0.493 e. The molecule has 114 valence electrons. The predicted molar refractivity (Wildman–Crippen MR) is 82.2 cm³/mol. The average Bonchev–Trinajstić information content (AvgIpc) is 2.87. The molecule has 0 radical (unpaired) electrons. The lowest BCUT2D eigenvalue weighted by Gasteiger charge is -2.21. The quantitative estimate of drug-likeness (QED) is 0.920. The molecule has 1 aromatic carbocycles. The summed E-state index contributed by atoms with van der Waals surface area (Å²) in [6, 6.07) is 9.69. The number of amides is 1. The van der Waals surface area contributed by atoms with Gasteiger partial charge in [-0.15, -0.1) is 0 Å². The fourth-order valence-electron chi connectivity index (χ4n) is 3.40. The van der Waals surface area contributed by atoms with E-state index in [4.69, 9.17) is 4.74 Å². The first-order valence-corrected chi connectivity index (χ1v) is 7.99. The van der Waals surface area contributed by atoms with Crippen molar-refractivity contribution in [2.24, 2.45) is 11.8 Å². The van der Waals surface area contributed by atoms with E-state index in [9.17, 15) is 4.79 Å². The zero-order valence-corrected chi connectivity index (χ0v) is 12.5. The molecule has 1 aromatic rings. The number of benzene rings is 1. The Morgan fingerprint density at radius 1 is 1.14 bits per heavy atom. The molecule has 0 aromatic heterocycles. The molecule has 0 unspecified atom stereocenters. The van der Waals surface area contributed by atoms with Gasteiger partial charge in [-0.1, -0.05) is 18.2 Å². The second-order valence-electron chi connectivity index (χ2n) is 6.05. The van der Waals surface area contributed by atoms with Crippen LogP contribution in [0.5, 0.6) is 5.75 Å². The summed E-state index contributed by atoms with van der Waals surface area (Å²) in [6.07, 6.45) is 2.76. The highest BCUT2D eigenvalue weighted by Gasteiger charge is 2.31. The Bertz CT molecular complexity index is 449. The minimum absolute atomic E-state index is 0.235. The van der Waals surface area contributed by atoms with Gasteiger partial charge in [0.1, 0.15) is 5.75 Å². The lowest BCUT2D eigenvalue weighted by atomic mass is 9.92. The number of likely N-dealkylation sites (tertiary alicyclic amines) is 1. The van der Waals surface area contributed by atoms with Crippen LogP contribution >= 0.6 is 0 Å². The zero-order valence-electron chi connectivity index (χ0n) is 12.5. The van der Waals surface area contributed by atoms with Crippen LogP contribution in [-0.2, 0) is 4.79 Å². The van der Waals surface area contributed by atoms with Crippen molar-refractivity contribution < 1.29 is 9.53 Å². The van der Waals surface area contributed by atoms with Crippen LogP contribution in [0.2, 0.25) is 0 Å². The average molecular weight is 288 g/mol. The Balaban J connectivity index is 1.43. The standard InChI is InChI=1S/C17H24N2O2/c20-17(8-11-21-16-4-2-1-3-5-16)19-9-6-14-12-18-13-15(14)7-10-19/h1-5,14-15,18H,6-13H2/t14-,15+. The van der Waals surface area contributed by atoms with Gasteiger partial charge < -0.3 is 15.0 Å². The summed E-state index contributed by atoms with van der Waals surface area (Å²) in [7, 11) is 0. The summed E-state index contributed by atoms with van der Waals surface area (Å²) in [6.45, 7) is 4.54. The maximum atomic E-state index is 12.3. The Morgan fingerprint density at radius 3 is 2.48 bits per heavy atom. The van der Waals surface area contributed by atoms with E-state index >= 15 is 0 Å². The van der Waals surface area contributed by atoms with Gasteiger partial charge >= 0.3 is 0 Å². The van der Waals surface area contributed by atoms with E-state index in [-0.39, 0.29) is 5.91 Å². The van der Waals surface area contributed by atoms with Crippen molar-refractivity contribution in [3.05, 3.63) is 30.3 Å². The van der Waals surface area contributed by atoms with Crippen molar-refractivity contribution in [2.45, 2.75) is 19.3 Å². The van der Waals surface area contributed by atoms with Gasteiger partial charge in [0.05, 0.1) is 13.0 Å². The summed E-state index contributed by atoms with van der Waals surface area (Å²) in [5, 5.41) is 3.47. The predicted octanol–water partition coefficient (Wildman–Crippen LogP) is 1.91. The van der Waals surface area contributed by atoms with Crippen LogP contribution in [0.4, 0.5) is 0 Å². The van der Waals surface area contributed by atoms with Crippen LogP contribution in [0.1, 0.15) is 19.3 Å². The number of hydrogen-bond acceptors (Lipinski definition) is 3. The van der Waals surface area contributed by atoms with Crippen LogP contribution in [0, 0.1) is 11.8 Å². The Hall–Kier alpha value is -1.55. The number of carbonyl (C=O) groups excluding carboxylic acids is 1. The number of nitrogens with one attached hydrogen (secondary N) is 1. The van der Waals surface area contributed by atoms with Gasteiger partial charge in [-0.05, 0) is 49.9 Å². The van der Waals surface area contributed by atoms with E-state index in [0.717, 1.165) is 56.6 Å². The Labute approximate surface area is 126 Å². The molecule has 2 heterocycles. The van der Waals surface area contributed by atoms with Crippen molar-refractivity contribution >= 4 is 5.91 Å². The van der Waals surface area contributed by atoms with Crippen LogP contribution in [-0.4, -0.2) is 43.6 Å². The minimum atomic E-state index is 0.235. The van der Waals surface area contributed by atoms with E-state index in [1.807, 2.05) is 35.2 Å². The van der Waals surface area contributed by atoms with Crippen molar-refractivity contribution in [2.75, 3.05) is 32.8 Å². The topological polar surface area (TPSA) is 41.6 Å². The molecule has 0 bridgehead atoms. The third-order valence-corrected chi connectivity index (χ3v) is 4.70. The maximum Gasteiger partial charge on any atom is 0.225 e. The fourth-order valence-corrected chi connectivity index (χ4v) is 3.40. The molecule has 1 N–H and O–H groups in total. The smallest absolute Gasteiger partial charge is 0.225 e. The van der Waals surface area contributed by atoms with Gasteiger partial charge in [-0.25, -0.2) is 0 Å². The number of ether oxygens (including phenoxy) is 1. The number of nitrogens with zero attached hydrogens (tertiary/aromatic N) is 1. The minimum Gasteiger partial charge on any atom is -0.493 e. The molecule has 2 fully saturated rings. The Kier molecular flexibility index (Phi) is 4.76. The first kappa shape index (κ1) is 14.4. The van der Waals surface area contributed by atoms with Gasteiger partial charge in [0.25, 0.3) is 0 Å². The van der Waals surface area contributed by atoms with E-state index in [2.05, 4.69) is 5.32 Å². The van der Waals surface area contributed by atoms with Gasteiger partial charge in [-0.3, -0.25) is 4.79 Å². The third kappa shape index (κ3) is 3.76. The molecule has 0 saturated carbocycles. The van der Waals surface area contributed by atoms with Crippen molar-refractivity contribution in [1.29, 1.82) is 0 Å². The second kappa shape index (κ2) is 6.94. The summed E-state index contributed by atoms with van der Waals surface area (Å²) < 4.78 is 5.62. The molecular formula is C17H24N2O2. The van der Waals surface area contributed by atoms with Crippen molar-refractivity contribution in [3.63, 3.8) is 0 Å². The third-order valence-electron chi connectivity index (χ3n) is 4.70. The van der Waals surface area contributed by atoms with Gasteiger partial charge in [0, 0.05) is 13.1 Å². The van der Waals surface area contributed by atoms with E-state index < -0.39 is 0 Å². The molecule has 4 nitrogen and oxygen atoms in total. The number of rotatable bonds is 4. The fraction of sp³-hybridized carbons (Fsp3) is 0.588. The Morgan fingerprint density at radius 2 is 1.81 bits per heavy atom. The van der Waals surface area contributed by atoms with Gasteiger partial charge in [-0.2, -0.15) is 0 Å². The van der Waals surface area contributed by atoms with Crippen LogP contribution in [0.3, 0.4) is 0 Å². The van der Waals surface area contributed by atoms with Crippen LogP contribution in [0.25, 0.3) is 0 Å². The lowest BCUT2D eigenvalue weighted by Crippen LogP contribution is -2.33. The summed E-state index contributed by atoms with van der Waals surface area (Å²) in [5.74, 6) is 2.60. The number of hydrogen-bond donors (Lipinski definition) is 1. The first-order valence-electron chi connectivity index (χ1n) is 7.99. The molecule has 2 saturated heterocycles. The highest BCUT2D eigenvalue weighted by Crippen LogP contribution is 2.27. The molecule has 2 atom stereocenters. The second-order valence-corrected chi connectivity index (χ2v) is 6.05.